The van der Waals surface area contributed by atoms with Gasteiger partial charge < -0.3 is 19.6 Å². The first-order valence-electron chi connectivity index (χ1n) is 11.0. The van der Waals surface area contributed by atoms with E-state index in [1.165, 1.54) is 52.2 Å². The molecule has 0 spiro atoms. The lowest BCUT2D eigenvalue weighted by Crippen LogP contribution is -2.54. The first-order valence-corrected chi connectivity index (χ1v) is 13.5. The zero-order chi connectivity index (χ0) is 25.9. The van der Waals surface area contributed by atoms with E-state index in [1.54, 1.807) is 13.0 Å². The first kappa shape index (κ1) is 28.0. The molecule has 12 heteroatoms. The predicted octanol–water partition coefficient (Wildman–Crippen LogP) is 3.47. The SMILES string of the molecule is CCOC(=O)C(C)(C)NP(=O)(NC(C)(C)C(=O)OC)c1ccc(-c2nc(N)sc2CC(C)C)o1. The molecule has 0 aliphatic rings. The van der Waals surface area contributed by atoms with E-state index in [4.69, 9.17) is 19.6 Å². The van der Waals surface area contributed by atoms with Gasteiger partial charge in [-0.25, -0.2) is 15.2 Å². The van der Waals surface area contributed by atoms with E-state index < -0.39 is 30.5 Å². The number of hydrogen-bond acceptors (Lipinski definition) is 9. The number of nitrogens with zero attached hydrogens (tertiary/aromatic N) is 1. The van der Waals surface area contributed by atoms with Gasteiger partial charge in [-0.1, -0.05) is 13.8 Å². The normalized spacial score (nSPS) is 14.1. The molecule has 34 heavy (non-hydrogen) atoms. The van der Waals surface area contributed by atoms with Crippen LogP contribution in [0, 0.1) is 5.92 Å². The van der Waals surface area contributed by atoms with Gasteiger partial charge in [-0.2, -0.15) is 0 Å². The van der Waals surface area contributed by atoms with Crippen LogP contribution in [0.15, 0.2) is 16.5 Å². The third kappa shape index (κ3) is 6.47. The second kappa shape index (κ2) is 10.6. The van der Waals surface area contributed by atoms with Crippen LogP contribution in [0.5, 0.6) is 0 Å². The summed E-state index contributed by atoms with van der Waals surface area (Å²) in [5.41, 5.74) is 3.79. The maximum Gasteiger partial charge on any atom is 0.326 e. The third-order valence-corrected chi connectivity index (χ3v) is 8.31. The molecule has 0 radical (unpaired) electrons. The van der Waals surface area contributed by atoms with Crippen molar-refractivity contribution < 1.29 is 28.0 Å². The van der Waals surface area contributed by atoms with Crippen molar-refractivity contribution in [2.24, 2.45) is 5.92 Å². The van der Waals surface area contributed by atoms with E-state index in [0.717, 1.165) is 11.3 Å². The number of rotatable bonds is 11. The Morgan fingerprint density at radius 1 is 1.18 bits per heavy atom. The summed E-state index contributed by atoms with van der Waals surface area (Å²) in [7, 11) is -2.68. The fraction of sp³-hybridized carbons (Fsp3) is 0.591. The minimum Gasteiger partial charge on any atom is -0.468 e. The summed E-state index contributed by atoms with van der Waals surface area (Å²) in [5.74, 6) is -0.492. The Balaban J connectivity index is 2.55. The highest BCUT2D eigenvalue weighted by Gasteiger charge is 2.45. The van der Waals surface area contributed by atoms with Crippen molar-refractivity contribution in [3.8, 4) is 11.5 Å². The summed E-state index contributed by atoms with van der Waals surface area (Å²) in [6, 6.07) is 3.17. The third-order valence-electron chi connectivity index (χ3n) is 4.80. The minimum absolute atomic E-state index is 0.0129. The fourth-order valence-corrected chi connectivity index (χ4v) is 6.87. The molecule has 2 aromatic rings. The zero-order valence-corrected chi connectivity index (χ0v) is 22.7. The molecule has 0 saturated heterocycles. The Hall–Kier alpha value is -2.20. The van der Waals surface area contributed by atoms with Crippen molar-refractivity contribution in [1.29, 1.82) is 0 Å². The van der Waals surface area contributed by atoms with Gasteiger partial charge >= 0.3 is 11.9 Å². The Kier molecular flexibility index (Phi) is 8.74. The summed E-state index contributed by atoms with van der Waals surface area (Å²) >= 11 is 1.37. The molecule has 0 amide bonds. The lowest BCUT2D eigenvalue weighted by Gasteiger charge is -2.33. The van der Waals surface area contributed by atoms with Crippen molar-refractivity contribution in [3.63, 3.8) is 0 Å². The number of anilines is 1. The lowest BCUT2D eigenvalue weighted by atomic mass is 10.1. The Morgan fingerprint density at radius 2 is 1.76 bits per heavy atom. The van der Waals surface area contributed by atoms with Crippen LogP contribution >= 0.6 is 18.8 Å². The van der Waals surface area contributed by atoms with Gasteiger partial charge in [0, 0.05) is 4.88 Å². The van der Waals surface area contributed by atoms with Gasteiger partial charge in [0.2, 0.25) is 0 Å². The van der Waals surface area contributed by atoms with E-state index in [-0.39, 0.29) is 12.1 Å². The van der Waals surface area contributed by atoms with E-state index in [2.05, 4.69) is 29.0 Å². The highest BCUT2D eigenvalue weighted by atomic mass is 32.1. The molecule has 2 heterocycles. The number of nitrogens with two attached hydrogens (primary N) is 1. The maximum atomic E-state index is 14.3. The smallest absolute Gasteiger partial charge is 0.326 e. The van der Waals surface area contributed by atoms with Crippen molar-refractivity contribution in [3.05, 3.63) is 17.0 Å². The number of furan rings is 1. The summed E-state index contributed by atoms with van der Waals surface area (Å²) in [6.07, 6.45) is 0.750. The topological polar surface area (TPSA) is 146 Å². The molecule has 190 valence electrons. The molecule has 0 bridgehead atoms. The van der Waals surface area contributed by atoms with Gasteiger partial charge in [0.1, 0.15) is 16.8 Å². The van der Waals surface area contributed by atoms with Crippen LogP contribution in [0.25, 0.3) is 11.5 Å². The highest BCUT2D eigenvalue weighted by Crippen LogP contribution is 2.43. The van der Waals surface area contributed by atoms with Crippen molar-refractivity contribution in [1.82, 2.24) is 15.2 Å². The summed E-state index contributed by atoms with van der Waals surface area (Å²) in [5, 5.41) is 6.08. The van der Waals surface area contributed by atoms with Crippen molar-refractivity contribution >= 4 is 41.4 Å². The van der Waals surface area contributed by atoms with Crippen LogP contribution in [0.1, 0.15) is 53.3 Å². The maximum absolute atomic E-state index is 14.3. The fourth-order valence-electron chi connectivity index (χ4n) is 3.28. The molecule has 0 aliphatic heterocycles. The number of nitrogen functional groups attached to an aromatic ring is 1. The summed E-state index contributed by atoms with van der Waals surface area (Å²) < 4.78 is 30.3. The molecular formula is C22H35N4O6PS. The Labute approximate surface area is 204 Å². The van der Waals surface area contributed by atoms with Crippen LogP contribution in [0.3, 0.4) is 0 Å². The van der Waals surface area contributed by atoms with E-state index in [1.807, 2.05) is 0 Å². The molecule has 0 aromatic carbocycles. The van der Waals surface area contributed by atoms with E-state index in [9.17, 15) is 14.2 Å². The number of aromatic nitrogens is 1. The molecular weight excluding hydrogens is 479 g/mol. The van der Waals surface area contributed by atoms with Gasteiger partial charge in [0.15, 0.2) is 16.4 Å². The molecule has 2 aromatic heterocycles. The average molecular weight is 515 g/mol. The number of ether oxygens (including phenoxy) is 2. The zero-order valence-electron chi connectivity index (χ0n) is 21.0. The Bertz CT molecular complexity index is 1080. The minimum atomic E-state index is -3.92. The van der Waals surface area contributed by atoms with E-state index >= 15 is 0 Å². The number of hydrogen-bond donors (Lipinski definition) is 3. The van der Waals surface area contributed by atoms with Crippen LogP contribution < -0.4 is 21.4 Å². The van der Waals surface area contributed by atoms with Crippen molar-refractivity contribution in [2.75, 3.05) is 19.5 Å². The molecule has 2 rings (SSSR count). The Morgan fingerprint density at radius 3 is 2.29 bits per heavy atom. The second-order valence-electron chi connectivity index (χ2n) is 9.35. The monoisotopic (exact) mass is 514 g/mol. The number of methoxy groups -OCH3 is 1. The average Bonchev–Trinajstić information content (AvgIpc) is 3.33. The molecule has 4 N–H and O–H groups in total. The highest BCUT2D eigenvalue weighted by molar-refractivity contribution is 7.67. The number of esters is 2. The van der Waals surface area contributed by atoms with E-state index in [0.29, 0.717) is 22.5 Å². The molecule has 0 aliphatic carbocycles. The molecule has 1 unspecified atom stereocenters. The predicted molar refractivity (Wildman–Crippen MR) is 133 cm³/mol. The van der Waals surface area contributed by atoms with Crippen LogP contribution in [-0.4, -0.2) is 41.7 Å². The molecule has 1 atom stereocenters. The van der Waals surface area contributed by atoms with Crippen molar-refractivity contribution in [2.45, 2.75) is 66.0 Å². The lowest BCUT2D eigenvalue weighted by molar-refractivity contribution is -0.148. The van der Waals surface area contributed by atoms with Crippen LogP contribution in [0.2, 0.25) is 0 Å². The number of carbonyl (C=O) groups excluding carboxylic acids is 2. The standard InChI is InChI=1S/C22H35N4O6PS/c1-9-31-19(28)22(6,7)26-33(29,25-21(4,5)18(27)30-8)16-11-10-14(32-16)17-15(12-13(2)3)34-20(23)24-17/h10-11,13H,9,12H2,1-8H3,(H2,23,24)(H2,25,26,29). The molecule has 10 nitrogen and oxygen atoms in total. The number of thiazole rings is 1. The first-order chi connectivity index (χ1) is 15.6. The molecule has 0 fully saturated rings. The summed E-state index contributed by atoms with van der Waals surface area (Å²) in [6.45, 7) is 12.1. The number of nitrogens with one attached hydrogen (secondary N) is 2. The van der Waals surface area contributed by atoms with Gasteiger partial charge in [-0.15, -0.1) is 11.3 Å². The van der Waals surface area contributed by atoms with Crippen LogP contribution in [0.4, 0.5) is 5.13 Å². The van der Waals surface area contributed by atoms with Gasteiger partial charge in [-0.05, 0) is 59.1 Å². The van der Waals surface area contributed by atoms with Gasteiger partial charge in [-0.3, -0.25) is 14.2 Å². The van der Waals surface area contributed by atoms with Gasteiger partial charge in [0.05, 0.1) is 13.7 Å². The summed E-state index contributed by atoms with van der Waals surface area (Å²) in [4.78, 5) is 30.2. The van der Waals surface area contributed by atoms with Crippen LogP contribution in [-0.2, 0) is 30.0 Å². The molecule has 0 saturated carbocycles. The quantitative estimate of drug-likeness (QED) is 0.301. The second-order valence-corrected chi connectivity index (χ2v) is 12.6. The van der Waals surface area contributed by atoms with Gasteiger partial charge in [0.25, 0.3) is 7.44 Å². The number of carbonyl (C=O) groups is 2. The largest absolute Gasteiger partial charge is 0.468 e.